The van der Waals surface area contributed by atoms with Crippen LogP contribution in [0, 0.1) is 6.92 Å². The fourth-order valence-corrected chi connectivity index (χ4v) is 2.48. The molecule has 1 aromatic heterocycles. The monoisotopic (exact) mass is 165 g/mol. The summed E-state index contributed by atoms with van der Waals surface area (Å²) in [4.78, 5) is 5.89. The molecule has 1 unspecified atom stereocenters. The van der Waals surface area contributed by atoms with E-state index in [-0.39, 0.29) is 0 Å². The van der Waals surface area contributed by atoms with E-state index >= 15 is 0 Å². The molecule has 0 aromatic carbocycles. The molecular weight excluding hydrogens is 154 g/mol. The normalized spacial score (nSPS) is 21.8. The molecule has 0 radical (unpaired) electrons. The minimum absolute atomic E-state index is 0.648. The van der Waals surface area contributed by atoms with Crippen molar-refractivity contribution in [1.82, 2.24) is 4.98 Å². The summed E-state index contributed by atoms with van der Waals surface area (Å²) < 4.78 is 0. The predicted octanol–water partition coefficient (Wildman–Crippen LogP) is 2.60. The first kappa shape index (κ1) is 7.17. The number of aromatic nitrogens is 1. The first-order chi connectivity index (χ1) is 5.27. The summed E-state index contributed by atoms with van der Waals surface area (Å²) in [6, 6.07) is 4.27. The zero-order chi connectivity index (χ0) is 7.84. The number of pyridine rings is 1. The van der Waals surface area contributed by atoms with E-state index in [4.69, 9.17) is 0 Å². The van der Waals surface area contributed by atoms with Crippen molar-refractivity contribution in [2.45, 2.75) is 24.7 Å². The molecule has 1 aliphatic rings. The second-order valence-corrected chi connectivity index (χ2v) is 4.11. The minimum atomic E-state index is 0.648. The van der Waals surface area contributed by atoms with Crippen molar-refractivity contribution in [3.05, 3.63) is 23.5 Å². The van der Waals surface area contributed by atoms with Gasteiger partial charge >= 0.3 is 0 Å². The Labute approximate surface area is 71.2 Å². The van der Waals surface area contributed by atoms with Crippen LogP contribution >= 0.6 is 11.8 Å². The van der Waals surface area contributed by atoms with E-state index in [1.54, 1.807) is 0 Å². The Bertz CT molecular complexity index is 283. The lowest BCUT2D eigenvalue weighted by atomic mass is 10.1. The number of hydrogen-bond donors (Lipinski definition) is 0. The lowest BCUT2D eigenvalue weighted by Gasteiger charge is -2.01. The van der Waals surface area contributed by atoms with E-state index in [1.807, 2.05) is 11.8 Å². The molecule has 1 aliphatic heterocycles. The molecule has 0 bridgehead atoms. The Morgan fingerprint density at radius 3 is 3.18 bits per heavy atom. The van der Waals surface area contributed by atoms with Crippen molar-refractivity contribution in [3.63, 3.8) is 0 Å². The lowest BCUT2D eigenvalue weighted by molar-refractivity contribution is 0.823. The standard InChI is InChI=1S/C9H11NS/c1-6-5-11-8-4-3-7(2)10-9(6)8/h3-4,6H,5H2,1-2H3. The third kappa shape index (κ3) is 1.16. The number of aryl methyl sites for hydroxylation is 1. The highest BCUT2D eigenvalue weighted by Crippen LogP contribution is 2.37. The minimum Gasteiger partial charge on any atom is -0.257 e. The van der Waals surface area contributed by atoms with Gasteiger partial charge in [-0.15, -0.1) is 11.8 Å². The first-order valence-electron chi connectivity index (χ1n) is 3.87. The van der Waals surface area contributed by atoms with Crippen LogP contribution in [0.15, 0.2) is 17.0 Å². The third-order valence-corrected chi connectivity index (χ3v) is 3.30. The molecule has 1 atom stereocenters. The molecule has 0 N–H and O–H groups in total. The van der Waals surface area contributed by atoms with E-state index < -0.39 is 0 Å². The number of fused-ring (bicyclic) bond motifs is 1. The maximum atomic E-state index is 4.51. The van der Waals surface area contributed by atoms with Gasteiger partial charge in [0.1, 0.15) is 0 Å². The fraction of sp³-hybridized carbons (Fsp3) is 0.444. The van der Waals surface area contributed by atoms with E-state index in [0.29, 0.717) is 5.92 Å². The Morgan fingerprint density at radius 1 is 1.55 bits per heavy atom. The van der Waals surface area contributed by atoms with Gasteiger partial charge in [-0.3, -0.25) is 4.98 Å². The molecule has 0 amide bonds. The molecule has 0 saturated carbocycles. The molecule has 0 saturated heterocycles. The molecule has 58 valence electrons. The summed E-state index contributed by atoms with van der Waals surface area (Å²) in [6.45, 7) is 4.29. The average Bonchev–Trinajstić information content (AvgIpc) is 2.33. The highest BCUT2D eigenvalue weighted by atomic mass is 32.2. The summed E-state index contributed by atoms with van der Waals surface area (Å²) in [7, 11) is 0. The van der Waals surface area contributed by atoms with Crippen LogP contribution in [0.5, 0.6) is 0 Å². The van der Waals surface area contributed by atoms with Crippen molar-refractivity contribution in [2.24, 2.45) is 0 Å². The smallest absolute Gasteiger partial charge is 0.0578 e. The molecule has 0 aliphatic carbocycles. The molecular formula is C9H11NS. The van der Waals surface area contributed by atoms with Crippen LogP contribution in [-0.4, -0.2) is 10.7 Å². The van der Waals surface area contributed by atoms with Gasteiger partial charge in [-0.05, 0) is 19.1 Å². The van der Waals surface area contributed by atoms with E-state index in [9.17, 15) is 0 Å². The Balaban J connectivity index is 2.52. The molecule has 11 heavy (non-hydrogen) atoms. The van der Waals surface area contributed by atoms with Gasteiger partial charge in [0.05, 0.1) is 5.69 Å². The molecule has 2 rings (SSSR count). The van der Waals surface area contributed by atoms with Gasteiger partial charge in [0.15, 0.2) is 0 Å². The third-order valence-electron chi connectivity index (χ3n) is 1.98. The van der Waals surface area contributed by atoms with Crippen molar-refractivity contribution >= 4 is 11.8 Å². The highest BCUT2D eigenvalue weighted by molar-refractivity contribution is 7.99. The maximum Gasteiger partial charge on any atom is 0.0578 e. The van der Waals surface area contributed by atoms with Gasteiger partial charge in [0.2, 0.25) is 0 Å². The van der Waals surface area contributed by atoms with Crippen molar-refractivity contribution in [2.75, 3.05) is 5.75 Å². The molecule has 0 fully saturated rings. The second kappa shape index (κ2) is 2.52. The highest BCUT2D eigenvalue weighted by Gasteiger charge is 2.19. The summed E-state index contributed by atoms with van der Waals surface area (Å²) in [5.41, 5.74) is 2.44. The van der Waals surface area contributed by atoms with Gasteiger partial charge in [-0.2, -0.15) is 0 Å². The zero-order valence-corrected chi connectivity index (χ0v) is 7.61. The average molecular weight is 165 g/mol. The molecule has 1 nitrogen and oxygen atoms in total. The van der Waals surface area contributed by atoms with E-state index in [2.05, 4.69) is 31.0 Å². The van der Waals surface area contributed by atoms with Crippen LogP contribution < -0.4 is 0 Å². The van der Waals surface area contributed by atoms with Crippen LogP contribution in [0.1, 0.15) is 24.2 Å². The van der Waals surface area contributed by atoms with Gasteiger partial charge in [0.25, 0.3) is 0 Å². The predicted molar refractivity (Wildman–Crippen MR) is 48.1 cm³/mol. The van der Waals surface area contributed by atoms with Gasteiger partial charge in [0, 0.05) is 22.3 Å². The van der Waals surface area contributed by atoms with Crippen LogP contribution in [-0.2, 0) is 0 Å². The van der Waals surface area contributed by atoms with Crippen molar-refractivity contribution in [1.29, 1.82) is 0 Å². The summed E-state index contributed by atoms with van der Waals surface area (Å²) in [5.74, 6) is 1.85. The molecule has 2 heteroatoms. The van der Waals surface area contributed by atoms with Gasteiger partial charge in [-0.25, -0.2) is 0 Å². The Kier molecular flexibility index (Phi) is 1.64. The lowest BCUT2D eigenvalue weighted by Crippen LogP contribution is -1.94. The quantitative estimate of drug-likeness (QED) is 0.586. The topological polar surface area (TPSA) is 12.9 Å². The number of nitrogens with zero attached hydrogens (tertiary/aromatic N) is 1. The number of rotatable bonds is 0. The Hall–Kier alpha value is -0.500. The molecule has 0 spiro atoms. The largest absolute Gasteiger partial charge is 0.257 e. The number of thioether (sulfide) groups is 1. The van der Waals surface area contributed by atoms with Crippen LogP contribution in [0.4, 0.5) is 0 Å². The van der Waals surface area contributed by atoms with Gasteiger partial charge < -0.3 is 0 Å². The molecule has 2 heterocycles. The van der Waals surface area contributed by atoms with Crippen LogP contribution in [0.2, 0.25) is 0 Å². The Morgan fingerprint density at radius 2 is 2.36 bits per heavy atom. The zero-order valence-electron chi connectivity index (χ0n) is 6.79. The number of hydrogen-bond acceptors (Lipinski definition) is 2. The van der Waals surface area contributed by atoms with Gasteiger partial charge in [-0.1, -0.05) is 6.92 Å². The van der Waals surface area contributed by atoms with Crippen molar-refractivity contribution < 1.29 is 0 Å². The SMILES string of the molecule is Cc1ccc2c(n1)C(C)CS2. The van der Waals surface area contributed by atoms with Crippen LogP contribution in [0.25, 0.3) is 0 Å². The first-order valence-corrected chi connectivity index (χ1v) is 4.86. The second-order valence-electron chi connectivity index (χ2n) is 3.05. The molecule has 1 aromatic rings. The summed E-state index contributed by atoms with van der Waals surface area (Å²) >= 11 is 1.92. The summed E-state index contributed by atoms with van der Waals surface area (Å²) in [5, 5.41) is 0. The van der Waals surface area contributed by atoms with E-state index in [1.165, 1.54) is 16.3 Å². The maximum absolute atomic E-state index is 4.51. The van der Waals surface area contributed by atoms with E-state index in [0.717, 1.165) is 5.69 Å². The van der Waals surface area contributed by atoms with Crippen LogP contribution in [0.3, 0.4) is 0 Å². The summed E-state index contributed by atoms with van der Waals surface area (Å²) in [6.07, 6.45) is 0. The van der Waals surface area contributed by atoms with Crippen molar-refractivity contribution in [3.8, 4) is 0 Å². The fourth-order valence-electron chi connectivity index (χ4n) is 1.33.